The van der Waals surface area contributed by atoms with Crippen molar-refractivity contribution in [2.45, 2.75) is 11.8 Å². The number of halogens is 3. The van der Waals surface area contributed by atoms with Crippen molar-refractivity contribution >= 4 is 54.8 Å². The van der Waals surface area contributed by atoms with Crippen molar-refractivity contribution in [1.82, 2.24) is 0 Å². The van der Waals surface area contributed by atoms with Gasteiger partial charge in [-0.3, -0.25) is 0 Å². The molecule has 0 saturated carbocycles. The van der Waals surface area contributed by atoms with E-state index in [0.717, 1.165) is 14.4 Å². The zero-order valence-electron chi connectivity index (χ0n) is 8.51. The van der Waals surface area contributed by atoms with E-state index in [4.69, 9.17) is 11.6 Å². The molecule has 0 amide bonds. The van der Waals surface area contributed by atoms with Gasteiger partial charge in [0.15, 0.2) is 0 Å². The molecule has 0 fully saturated rings. The van der Waals surface area contributed by atoms with Crippen LogP contribution in [-0.2, 0) is 0 Å². The molecule has 1 aromatic carbocycles. The van der Waals surface area contributed by atoms with Gasteiger partial charge in [0.25, 0.3) is 0 Å². The number of thiophene rings is 1. The lowest BCUT2D eigenvalue weighted by Crippen LogP contribution is -1.91. The standard InChI is InChI=1S/C12H9Br2ClS/c1-7-2-3-8(6-9(7)13)11(14)12-10(15)4-5-16-12/h2-6,11H,1H3. The molecule has 4 heteroatoms. The molecule has 0 radical (unpaired) electrons. The maximum Gasteiger partial charge on any atom is 0.0753 e. The summed E-state index contributed by atoms with van der Waals surface area (Å²) in [4.78, 5) is 1.31. The average Bonchev–Trinajstić information content (AvgIpc) is 2.67. The Kier molecular flexibility index (Phi) is 4.11. The highest BCUT2D eigenvalue weighted by Crippen LogP contribution is 2.39. The maximum atomic E-state index is 6.12. The largest absolute Gasteiger partial charge is 0.146 e. The number of hydrogen-bond acceptors (Lipinski definition) is 1. The summed E-state index contributed by atoms with van der Waals surface area (Å²) < 4.78 is 1.13. The van der Waals surface area contributed by atoms with Gasteiger partial charge in [0.05, 0.1) is 9.85 Å². The van der Waals surface area contributed by atoms with Crippen LogP contribution in [0.5, 0.6) is 0 Å². The second-order valence-corrected chi connectivity index (χ2v) is 6.63. The van der Waals surface area contributed by atoms with E-state index in [2.05, 4.69) is 57.0 Å². The molecule has 0 N–H and O–H groups in total. The van der Waals surface area contributed by atoms with E-state index < -0.39 is 0 Å². The van der Waals surface area contributed by atoms with Gasteiger partial charge in [-0.25, -0.2) is 0 Å². The first-order valence-corrected chi connectivity index (χ1v) is 7.69. The van der Waals surface area contributed by atoms with Gasteiger partial charge >= 0.3 is 0 Å². The monoisotopic (exact) mass is 378 g/mol. The topological polar surface area (TPSA) is 0 Å². The summed E-state index contributed by atoms with van der Waals surface area (Å²) in [6.45, 7) is 2.08. The SMILES string of the molecule is Cc1ccc(C(Br)c2sccc2Cl)cc1Br. The summed E-state index contributed by atoms with van der Waals surface area (Å²) >= 11 is 15.0. The second kappa shape index (κ2) is 5.21. The Morgan fingerprint density at radius 3 is 2.62 bits per heavy atom. The lowest BCUT2D eigenvalue weighted by atomic mass is 10.1. The number of alkyl halides is 1. The van der Waals surface area contributed by atoms with Crippen LogP contribution in [0.25, 0.3) is 0 Å². The van der Waals surface area contributed by atoms with Gasteiger partial charge < -0.3 is 0 Å². The molecule has 1 unspecified atom stereocenters. The van der Waals surface area contributed by atoms with E-state index in [1.807, 2.05) is 11.4 Å². The molecule has 0 saturated heterocycles. The molecule has 0 nitrogen and oxygen atoms in total. The van der Waals surface area contributed by atoms with Crippen LogP contribution in [-0.4, -0.2) is 0 Å². The molecule has 84 valence electrons. The van der Waals surface area contributed by atoms with E-state index in [-0.39, 0.29) is 4.83 Å². The number of benzene rings is 1. The van der Waals surface area contributed by atoms with Crippen LogP contribution in [0, 0.1) is 6.92 Å². The van der Waals surface area contributed by atoms with E-state index in [9.17, 15) is 0 Å². The molecule has 2 aromatic rings. The number of hydrogen-bond donors (Lipinski definition) is 0. The van der Waals surface area contributed by atoms with Gasteiger partial charge in [-0.1, -0.05) is 55.6 Å². The maximum absolute atomic E-state index is 6.12. The van der Waals surface area contributed by atoms with Gasteiger partial charge in [0.1, 0.15) is 0 Å². The summed E-state index contributed by atoms with van der Waals surface area (Å²) in [6.07, 6.45) is 0. The van der Waals surface area contributed by atoms with Crippen LogP contribution in [0.2, 0.25) is 5.02 Å². The summed E-state index contributed by atoms with van der Waals surface area (Å²) in [5, 5.41) is 2.83. The molecule has 0 aliphatic heterocycles. The third kappa shape index (κ3) is 2.53. The molecule has 1 heterocycles. The fourth-order valence-electron chi connectivity index (χ4n) is 1.40. The second-order valence-electron chi connectivity index (χ2n) is 3.50. The van der Waals surface area contributed by atoms with Crippen molar-refractivity contribution in [2.75, 3.05) is 0 Å². The zero-order valence-corrected chi connectivity index (χ0v) is 13.3. The molecule has 1 aromatic heterocycles. The minimum atomic E-state index is 0.164. The highest BCUT2D eigenvalue weighted by molar-refractivity contribution is 9.10. The van der Waals surface area contributed by atoms with Crippen molar-refractivity contribution < 1.29 is 0 Å². The van der Waals surface area contributed by atoms with Crippen LogP contribution >= 0.6 is 54.8 Å². The van der Waals surface area contributed by atoms with Gasteiger partial charge in [-0.15, -0.1) is 11.3 Å². The molecular weight excluding hydrogens is 371 g/mol. The molecule has 16 heavy (non-hydrogen) atoms. The third-order valence-electron chi connectivity index (χ3n) is 2.36. The summed E-state index contributed by atoms with van der Waals surface area (Å²) in [5.74, 6) is 0. The van der Waals surface area contributed by atoms with Gasteiger partial charge in [0, 0.05) is 9.35 Å². The van der Waals surface area contributed by atoms with E-state index in [1.54, 1.807) is 11.3 Å². The Morgan fingerprint density at radius 2 is 2.06 bits per heavy atom. The van der Waals surface area contributed by atoms with Crippen molar-refractivity contribution in [2.24, 2.45) is 0 Å². The van der Waals surface area contributed by atoms with Crippen LogP contribution in [0.4, 0.5) is 0 Å². The highest BCUT2D eigenvalue weighted by Gasteiger charge is 2.15. The van der Waals surface area contributed by atoms with E-state index in [1.165, 1.54) is 11.1 Å². The highest BCUT2D eigenvalue weighted by atomic mass is 79.9. The van der Waals surface area contributed by atoms with E-state index >= 15 is 0 Å². The predicted octanol–water partition coefficient (Wildman–Crippen LogP) is 5.96. The Morgan fingerprint density at radius 1 is 1.31 bits per heavy atom. The lowest BCUT2D eigenvalue weighted by Gasteiger charge is -2.10. The molecule has 0 bridgehead atoms. The first-order valence-electron chi connectivity index (χ1n) is 4.72. The summed E-state index contributed by atoms with van der Waals surface area (Å²) in [6, 6.07) is 8.29. The number of aryl methyl sites for hydroxylation is 1. The summed E-state index contributed by atoms with van der Waals surface area (Å²) in [7, 11) is 0. The fourth-order valence-corrected chi connectivity index (χ4v) is 3.96. The van der Waals surface area contributed by atoms with Crippen molar-refractivity contribution in [3.63, 3.8) is 0 Å². The minimum Gasteiger partial charge on any atom is -0.146 e. The van der Waals surface area contributed by atoms with Crippen LogP contribution in [0.1, 0.15) is 20.8 Å². The van der Waals surface area contributed by atoms with Crippen LogP contribution in [0.15, 0.2) is 34.1 Å². The van der Waals surface area contributed by atoms with Crippen molar-refractivity contribution in [3.8, 4) is 0 Å². The first kappa shape index (κ1) is 12.6. The first-order chi connectivity index (χ1) is 7.59. The van der Waals surface area contributed by atoms with Gasteiger partial charge in [-0.2, -0.15) is 0 Å². The Bertz CT molecular complexity index is 507. The molecule has 0 aliphatic rings. The predicted molar refractivity (Wildman–Crippen MR) is 79.0 cm³/mol. The molecule has 2 rings (SSSR count). The number of rotatable bonds is 2. The third-order valence-corrected chi connectivity index (χ3v) is 5.93. The average molecular weight is 381 g/mol. The van der Waals surface area contributed by atoms with Crippen molar-refractivity contribution in [3.05, 3.63) is 55.1 Å². The Labute approximate surface area is 121 Å². The summed E-state index contributed by atoms with van der Waals surface area (Å²) in [5.41, 5.74) is 2.45. The Balaban J connectivity index is 2.38. The lowest BCUT2D eigenvalue weighted by molar-refractivity contribution is 1.21. The molecule has 0 aliphatic carbocycles. The Hall–Kier alpha value is 0.170. The quantitative estimate of drug-likeness (QED) is 0.564. The smallest absolute Gasteiger partial charge is 0.0753 e. The molecular formula is C12H9Br2ClS. The molecule has 1 atom stereocenters. The van der Waals surface area contributed by atoms with E-state index in [0.29, 0.717) is 0 Å². The zero-order chi connectivity index (χ0) is 11.7. The van der Waals surface area contributed by atoms with Gasteiger partial charge in [-0.05, 0) is 35.6 Å². The van der Waals surface area contributed by atoms with Crippen LogP contribution in [0.3, 0.4) is 0 Å². The normalized spacial score (nSPS) is 12.8. The van der Waals surface area contributed by atoms with Crippen LogP contribution < -0.4 is 0 Å². The fraction of sp³-hybridized carbons (Fsp3) is 0.167. The van der Waals surface area contributed by atoms with Crippen molar-refractivity contribution in [1.29, 1.82) is 0 Å². The van der Waals surface area contributed by atoms with Gasteiger partial charge in [0.2, 0.25) is 0 Å². The minimum absolute atomic E-state index is 0.164. The molecule has 0 spiro atoms.